The normalized spacial score (nSPS) is 10.5. The first-order chi connectivity index (χ1) is 8.11. The summed E-state index contributed by atoms with van der Waals surface area (Å²) < 4.78 is 1.69. The minimum absolute atomic E-state index is 0.0872. The van der Waals surface area contributed by atoms with E-state index in [9.17, 15) is 4.79 Å². The number of rotatable bonds is 2. The number of nitrogens with zero attached hydrogens (tertiary/aromatic N) is 2. The summed E-state index contributed by atoms with van der Waals surface area (Å²) in [7, 11) is 0. The monoisotopic (exact) mass is 266 g/mol. The predicted octanol–water partition coefficient (Wildman–Crippen LogP) is 2.62. The summed E-state index contributed by atoms with van der Waals surface area (Å²) in [5, 5.41) is 4.90. The van der Waals surface area contributed by atoms with Crippen molar-refractivity contribution in [2.45, 2.75) is 12.7 Å². The van der Waals surface area contributed by atoms with Gasteiger partial charge in [-0.1, -0.05) is 17.7 Å². The van der Waals surface area contributed by atoms with E-state index < -0.39 is 0 Å². The highest BCUT2D eigenvalue weighted by molar-refractivity contribution is 7.79. The van der Waals surface area contributed by atoms with E-state index in [1.54, 1.807) is 22.9 Å². The third-order valence-electron chi connectivity index (χ3n) is 2.38. The molecule has 0 N–H and O–H groups in total. The molecule has 2 rings (SSSR count). The molecule has 0 saturated carbocycles. The number of benzene rings is 1. The topological polar surface area (TPSA) is 34.9 Å². The molecule has 17 heavy (non-hydrogen) atoms. The largest absolute Gasteiger partial charge is 0.288 e. The Hall–Kier alpha value is -1.26. The molecule has 0 aliphatic rings. The van der Waals surface area contributed by atoms with E-state index in [4.69, 9.17) is 11.6 Å². The molecule has 0 saturated heterocycles. The molecule has 0 unspecified atom stereocenters. The fraction of sp³-hybridized carbons (Fsp3) is 0.167. The van der Waals surface area contributed by atoms with Gasteiger partial charge in [-0.2, -0.15) is 17.7 Å². The van der Waals surface area contributed by atoms with Crippen LogP contribution in [0, 0.1) is 6.92 Å². The van der Waals surface area contributed by atoms with Crippen molar-refractivity contribution in [1.82, 2.24) is 9.78 Å². The summed E-state index contributed by atoms with van der Waals surface area (Å²) in [5.74, 6) is 0.319. The summed E-state index contributed by atoms with van der Waals surface area (Å²) >= 11 is 10.0. The van der Waals surface area contributed by atoms with Gasteiger partial charge in [-0.3, -0.25) is 4.79 Å². The number of thiol groups is 1. The fourth-order valence-corrected chi connectivity index (χ4v) is 1.97. The van der Waals surface area contributed by atoms with E-state index >= 15 is 0 Å². The molecule has 88 valence electrons. The Morgan fingerprint density at radius 3 is 2.82 bits per heavy atom. The minimum Gasteiger partial charge on any atom is -0.288 e. The number of aromatic nitrogens is 2. The lowest BCUT2D eigenvalue weighted by Crippen LogP contribution is -2.17. The van der Waals surface area contributed by atoms with Crippen molar-refractivity contribution in [2.75, 3.05) is 0 Å². The van der Waals surface area contributed by atoms with E-state index in [1.807, 2.05) is 19.1 Å². The molecule has 3 nitrogen and oxygen atoms in total. The Morgan fingerprint density at radius 2 is 2.18 bits per heavy atom. The standard InChI is InChI=1S/C12H11ClN2OS/c1-8-5-12(16)11(7-17)14-15(8)10-4-2-3-9(13)6-10/h2-6,17H,7H2,1H3. The number of halogens is 1. The maximum absolute atomic E-state index is 11.6. The Labute approximate surface area is 109 Å². The van der Waals surface area contributed by atoms with Crippen LogP contribution in [0.1, 0.15) is 11.4 Å². The molecule has 1 heterocycles. The molecular weight excluding hydrogens is 256 g/mol. The fourth-order valence-electron chi connectivity index (χ4n) is 1.56. The average molecular weight is 267 g/mol. The van der Waals surface area contributed by atoms with E-state index in [0.29, 0.717) is 16.5 Å². The van der Waals surface area contributed by atoms with Gasteiger partial charge >= 0.3 is 0 Å². The van der Waals surface area contributed by atoms with Crippen LogP contribution in [0.25, 0.3) is 5.69 Å². The molecule has 0 atom stereocenters. The Kier molecular flexibility index (Phi) is 3.54. The van der Waals surface area contributed by atoms with Crippen LogP contribution in [0.4, 0.5) is 0 Å². The Balaban J connectivity index is 2.63. The van der Waals surface area contributed by atoms with Crippen molar-refractivity contribution in [2.24, 2.45) is 0 Å². The molecule has 0 aliphatic carbocycles. The third-order valence-corrected chi connectivity index (χ3v) is 2.92. The molecule has 2 aromatic rings. The quantitative estimate of drug-likeness (QED) is 0.848. The molecule has 1 aromatic carbocycles. The highest BCUT2D eigenvalue weighted by Crippen LogP contribution is 2.15. The summed E-state index contributed by atoms with van der Waals surface area (Å²) in [6, 6.07) is 8.88. The third kappa shape index (κ3) is 2.53. The molecular formula is C12H11ClN2OS. The molecule has 5 heteroatoms. The van der Waals surface area contributed by atoms with Crippen LogP contribution in [0.2, 0.25) is 5.02 Å². The van der Waals surface area contributed by atoms with Crippen LogP contribution in [-0.4, -0.2) is 9.78 Å². The van der Waals surface area contributed by atoms with Gasteiger partial charge in [0.15, 0.2) is 0 Å². The highest BCUT2D eigenvalue weighted by Gasteiger charge is 2.06. The number of aryl methyl sites for hydroxylation is 1. The van der Waals surface area contributed by atoms with Gasteiger partial charge < -0.3 is 0 Å². The lowest BCUT2D eigenvalue weighted by molar-refractivity contribution is 0.774. The van der Waals surface area contributed by atoms with Crippen molar-refractivity contribution in [1.29, 1.82) is 0 Å². The maximum Gasteiger partial charge on any atom is 0.204 e. The lowest BCUT2D eigenvalue weighted by atomic mass is 10.3. The molecule has 0 spiro atoms. The molecule has 0 amide bonds. The van der Waals surface area contributed by atoms with Crippen molar-refractivity contribution >= 4 is 24.2 Å². The Morgan fingerprint density at radius 1 is 1.41 bits per heavy atom. The van der Waals surface area contributed by atoms with Gasteiger partial charge in [0.25, 0.3) is 0 Å². The van der Waals surface area contributed by atoms with Crippen molar-refractivity contribution < 1.29 is 0 Å². The van der Waals surface area contributed by atoms with Gasteiger partial charge in [-0.25, -0.2) is 4.68 Å². The first-order valence-electron chi connectivity index (χ1n) is 5.08. The van der Waals surface area contributed by atoms with E-state index in [-0.39, 0.29) is 5.43 Å². The predicted molar refractivity (Wildman–Crippen MR) is 72.3 cm³/mol. The van der Waals surface area contributed by atoms with Crippen LogP contribution in [0.15, 0.2) is 35.1 Å². The second-order valence-electron chi connectivity index (χ2n) is 3.65. The second-order valence-corrected chi connectivity index (χ2v) is 4.40. The van der Waals surface area contributed by atoms with Gasteiger partial charge in [0.2, 0.25) is 5.43 Å². The first kappa shape index (κ1) is 12.2. The second kappa shape index (κ2) is 4.94. The highest BCUT2D eigenvalue weighted by atomic mass is 35.5. The Bertz CT molecular complexity index is 610. The van der Waals surface area contributed by atoms with Crippen LogP contribution in [0.5, 0.6) is 0 Å². The van der Waals surface area contributed by atoms with Crippen molar-refractivity contribution in [3.8, 4) is 5.69 Å². The van der Waals surface area contributed by atoms with Crippen LogP contribution < -0.4 is 5.43 Å². The van der Waals surface area contributed by atoms with Gasteiger partial charge in [-0.15, -0.1) is 0 Å². The first-order valence-corrected chi connectivity index (χ1v) is 6.09. The molecule has 0 radical (unpaired) electrons. The summed E-state index contributed by atoms with van der Waals surface area (Å²) in [5.41, 5.74) is 1.94. The smallest absolute Gasteiger partial charge is 0.204 e. The molecule has 0 aliphatic heterocycles. The molecule has 0 fully saturated rings. The number of hydrogen-bond acceptors (Lipinski definition) is 3. The summed E-state index contributed by atoms with van der Waals surface area (Å²) in [6.07, 6.45) is 0. The zero-order valence-electron chi connectivity index (χ0n) is 9.22. The van der Waals surface area contributed by atoms with Crippen LogP contribution in [-0.2, 0) is 5.75 Å². The van der Waals surface area contributed by atoms with Gasteiger partial charge in [0.05, 0.1) is 5.69 Å². The van der Waals surface area contributed by atoms with E-state index in [1.165, 1.54) is 0 Å². The maximum atomic E-state index is 11.6. The zero-order chi connectivity index (χ0) is 12.4. The summed E-state index contributed by atoms with van der Waals surface area (Å²) in [6.45, 7) is 1.83. The van der Waals surface area contributed by atoms with Gasteiger partial charge in [0, 0.05) is 22.5 Å². The number of hydrogen-bond donors (Lipinski definition) is 1. The zero-order valence-corrected chi connectivity index (χ0v) is 10.9. The average Bonchev–Trinajstić information content (AvgIpc) is 2.29. The van der Waals surface area contributed by atoms with Crippen molar-refractivity contribution in [3.05, 3.63) is 57.0 Å². The van der Waals surface area contributed by atoms with Gasteiger partial charge in [-0.05, 0) is 25.1 Å². The lowest BCUT2D eigenvalue weighted by Gasteiger charge is -2.10. The van der Waals surface area contributed by atoms with E-state index in [2.05, 4.69) is 17.7 Å². The molecule has 1 aromatic heterocycles. The van der Waals surface area contributed by atoms with Crippen LogP contribution >= 0.6 is 24.2 Å². The SMILES string of the molecule is Cc1cc(=O)c(CS)nn1-c1cccc(Cl)c1. The minimum atomic E-state index is -0.0872. The van der Waals surface area contributed by atoms with Crippen LogP contribution in [0.3, 0.4) is 0 Å². The van der Waals surface area contributed by atoms with E-state index in [0.717, 1.165) is 11.4 Å². The van der Waals surface area contributed by atoms with Crippen molar-refractivity contribution in [3.63, 3.8) is 0 Å². The summed E-state index contributed by atoms with van der Waals surface area (Å²) in [4.78, 5) is 11.6. The van der Waals surface area contributed by atoms with Gasteiger partial charge in [0.1, 0.15) is 5.69 Å². The molecule has 0 bridgehead atoms.